The van der Waals surface area contributed by atoms with Gasteiger partial charge in [0.25, 0.3) is 0 Å². The molecule has 2 rings (SSSR count). The average Bonchev–Trinajstić information content (AvgIpc) is 2.80. The molecule has 0 aliphatic carbocycles. The fraction of sp³-hybridized carbons (Fsp3) is 0.464. The number of carbonyl (C=O) groups excluding carboxylic acids is 3. The van der Waals surface area contributed by atoms with Gasteiger partial charge in [-0.05, 0) is 59.1 Å². The molecule has 0 saturated carbocycles. The van der Waals surface area contributed by atoms with Crippen LogP contribution in [0.4, 0.5) is 4.79 Å². The van der Waals surface area contributed by atoms with E-state index >= 15 is 0 Å². The zero-order chi connectivity index (χ0) is 26.2. The van der Waals surface area contributed by atoms with Crippen LogP contribution in [0.3, 0.4) is 0 Å². The van der Waals surface area contributed by atoms with E-state index < -0.39 is 29.3 Å². The summed E-state index contributed by atoms with van der Waals surface area (Å²) < 4.78 is 5.33. The van der Waals surface area contributed by atoms with Gasteiger partial charge in [0.15, 0.2) is 0 Å². The lowest BCUT2D eigenvalue weighted by Gasteiger charge is -2.44. The molecular weight excluding hydrogens is 442 g/mol. The maximum atomic E-state index is 13.8. The minimum atomic E-state index is -0.899. The molecule has 0 fully saturated rings. The quantitative estimate of drug-likeness (QED) is 0.529. The molecule has 0 aliphatic rings. The molecule has 2 N–H and O–H groups in total. The Kier molecular flexibility index (Phi) is 9.46. The fourth-order valence-corrected chi connectivity index (χ4v) is 3.63. The summed E-state index contributed by atoms with van der Waals surface area (Å²) in [7, 11) is 0. The Morgan fingerprint density at radius 2 is 1.46 bits per heavy atom. The average molecular weight is 482 g/mol. The first-order valence-corrected chi connectivity index (χ1v) is 12.0. The molecule has 190 valence electrons. The first-order chi connectivity index (χ1) is 16.4. The van der Waals surface area contributed by atoms with Gasteiger partial charge in [0.05, 0.1) is 0 Å². The fourth-order valence-electron chi connectivity index (χ4n) is 3.63. The van der Waals surface area contributed by atoms with Crippen LogP contribution in [0.2, 0.25) is 0 Å². The Hall–Kier alpha value is -3.35. The molecule has 0 aromatic heterocycles. The van der Waals surface area contributed by atoms with E-state index in [4.69, 9.17) is 4.74 Å². The highest BCUT2D eigenvalue weighted by Gasteiger charge is 2.42. The number of nitrogens with zero attached hydrogens (tertiary/aromatic N) is 1. The van der Waals surface area contributed by atoms with Gasteiger partial charge in [-0.3, -0.25) is 9.59 Å². The lowest BCUT2D eigenvalue weighted by molar-refractivity contribution is -0.149. The molecule has 2 aromatic carbocycles. The van der Waals surface area contributed by atoms with Crippen LogP contribution in [0.1, 0.15) is 72.1 Å². The van der Waals surface area contributed by atoms with Gasteiger partial charge >= 0.3 is 6.09 Å². The van der Waals surface area contributed by atoms with Crippen molar-refractivity contribution < 1.29 is 19.1 Å². The zero-order valence-electron chi connectivity index (χ0n) is 21.9. The second kappa shape index (κ2) is 11.9. The van der Waals surface area contributed by atoms with Gasteiger partial charge in [-0.25, -0.2) is 4.79 Å². The first kappa shape index (κ1) is 27.9. The van der Waals surface area contributed by atoms with Crippen LogP contribution >= 0.6 is 0 Å². The van der Waals surface area contributed by atoms with Gasteiger partial charge in [-0.1, -0.05) is 67.6 Å². The molecule has 2 atom stereocenters. The molecule has 0 radical (unpaired) electrons. The third-order valence-corrected chi connectivity index (χ3v) is 5.79. The lowest BCUT2D eigenvalue weighted by Crippen LogP contribution is -2.58. The van der Waals surface area contributed by atoms with Crippen molar-refractivity contribution in [3.05, 3.63) is 71.8 Å². The van der Waals surface area contributed by atoms with Crippen LogP contribution in [0, 0.1) is 0 Å². The number of hydrogen-bond donors (Lipinski definition) is 2. The second-order valence-electron chi connectivity index (χ2n) is 10.3. The summed E-state index contributed by atoms with van der Waals surface area (Å²) in [6, 6.07) is 17.1. The van der Waals surface area contributed by atoms with E-state index in [0.717, 1.165) is 5.56 Å². The minimum Gasteiger partial charge on any atom is -0.444 e. The monoisotopic (exact) mass is 481 g/mol. The Bertz CT molecular complexity index is 984. The van der Waals surface area contributed by atoms with Crippen LogP contribution in [0.25, 0.3) is 0 Å². The van der Waals surface area contributed by atoms with Crippen molar-refractivity contribution in [2.45, 2.75) is 84.7 Å². The molecule has 7 heteroatoms. The highest BCUT2D eigenvalue weighted by molar-refractivity contribution is 5.92. The second-order valence-corrected chi connectivity index (χ2v) is 10.3. The van der Waals surface area contributed by atoms with Crippen molar-refractivity contribution in [1.82, 2.24) is 15.5 Å². The van der Waals surface area contributed by atoms with Crippen molar-refractivity contribution in [3.8, 4) is 0 Å². The highest BCUT2D eigenvalue weighted by atomic mass is 16.6. The number of carbonyl (C=O) groups is 3. The topological polar surface area (TPSA) is 87.7 Å². The Morgan fingerprint density at radius 1 is 0.914 bits per heavy atom. The van der Waals surface area contributed by atoms with Crippen LogP contribution in [-0.2, 0) is 20.9 Å². The van der Waals surface area contributed by atoms with E-state index in [1.165, 1.54) is 0 Å². The van der Waals surface area contributed by atoms with E-state index in [-0.39, 0.29) is 11.8 Å². The molecular formula is C28H39N3O4. The molecule has 2 unspecified atom stereocenters. The summed E-state index contributed by atoms with van der Waals surface area (Å²) in [5.41, 5.74) is 0.280. The van der Waals surface area contributed by atoms with Crippen LogP contribution < -0.4 is 10.6 Å². The van der Waals surface area contributed by atoms with E-state index in [1.54, 1.807) is 32.6 Å². The summed E-state index contributed by atoms with van der Waals surface area (Å²) in [6.45, 7) is 13.0. The number of benzene rings is 2. The molecule has 0 aliphatic heterocycles. The third-order valence-electron chi connectivity index (χ3n) is 5.79. The molecule has 2 aromatic rings. The number of hydrogen-bond acceptors (Lipinski definition) is 4. The van der Waals surface area contributed by atoms with Crippen molar-refractivity contribution in [3.63, 3.8) is 0 Å². The number of alkyl carbamates (subject to hydrolysis) is 1. The van der Waals surface area contributed by atoms with Gasteiger partial charge in [0.2, 0.25) is 11.8 Å². The summed E-state index contributed by atoms with van der Waals surface area (Å²) in [4.78, 5) is 41.4. The Labute approximate surface area is 209 Å². The number of rotatable bonds is 9. The molecule has 0 saturated heterocycles. The van der Waals surface area contributed by atoms with Crippen LogP contribution in [0.5, 0.6) is 0 Å². The molecule has 35 heavy (non-hydrogen) atoms. The summed E-state index contributed by atoms with van der Waals surface area (Å²) in [5, 5.41) is 5.63. The molecule has 0 heterocycles. The van der Waals surface area contributed by atoms with E-state index in [0.29, 0.717) is 18.5 Å². The Morgan fingerprint density at radius 3 is 1.97 bits per heavy atom. The first-order valence-electron chi connectivity index (χ1n) is 12.0. The lowest BCUT2D eigenvalue weighted by atomic mass is 9.92. The number of nitrogens with one attached hydrogen (secondary N) is 2. The van der Waals surface area contributed by atoms with E-state index in [9.17, 15) is 14.4 Å². The SMILES string of the molecule is CCC(C)(C)N(C(=O)C(C)NC(=O)OC(C)(C)C)C(C(=O)NCc1ccccc1)c1ccccc1. The predicted molar refractivity (Wildman–Crippen MR) is 138 cm³/mol. The maximum absolute atomic E-state index is 13.8. The smallest absolute Gasteiger partial charge is 0.408 e. The van der Waals surface area contributed by atoms with Gasteiger partial charge in [0.1, 0.15) is 17.7 Å². The highest BCUT2D eigenvalue weighted by Crippen LogP contribution is 2.32. The maximum Gasteiger partial charge on any atom is 0.408 e. The minimum absolute atomic E-state index is 0.292. The molecule has 0 spiro atoms. The zero-order valence-corrected chi connectivity index (χ0v) is 21.9. The van der Waals surface area contributed by atoms with Crippen LogP contribution in [0.15, 0.2) is 60.7 Å². The third kappa shape index (κ3) is 8.12. The largest absolute Gasteiger partial charge is 0.444 e. The molecule has 7 nitrogen and oxygen atoms in total. The van der Waals surface area contributed by atoms with Crippen molar-refractivity contribution in [1.29, 1.82) is 0 Å². The summed E-state index contributed by atoms with van der Waals surface area (Å²) >= 11 is 0. The summed E-state index contributed by atoms with van der Waals surface area (Å²) in [5.74, 6) is -0.661. The predicted octanol–water partition coefficient (Wildman–Crippen LogP) is 4.97. The van der Waals surface area contributed by atoms with Gasteiger partial charge in [-0.2, -0.15) is 0 Å². The van der Waals surface area contributed by atoms with Crippen molar-refractivity contribution in [2.24, 2.45) is 0 Å². The normalized spacial score (nSPS) is 13.3. The summed E-state index contributed by atoms with van der Waals surface area (Å²) in [6.07, 6.45) is -0.0786. The number of ether oxygens (including phenoxy) is 1. The van der Waals surface area contributed by atoms with Gasteiger partial charge in [-0.15, -0.1) is 0 Å². The van der Waals surface area contributed by atoms with Crippen molar-refractivity contribution >= 4 is 17.9 Å². The van der Waals surface area contributed by atoms with Gasteiger partial charge < -0.3 is 20.3 Å². The molecule has 3 amide bonds. The van der Waals surface area contributed by atoms with Gasteiger partial charge in [0, 0.05) is 12.1 Å². The Balaban J connectivity index is 2.40. The number of amides is 3. The van der Waals surface area contributed by atoms with E-state index in [2.05, 4.69) is 10.6 Å². The van der Waals surface area contributed by atoms with Crippen LogP contribution in [-0.4, -0.2) is 40.0 Å². The standard InChI is InChI=1S/C28H39N3O4/c1-8-28(6,7)31(25(33)20(2)30-26(34)35-27(3,4)5)23(22-17-13-10-14-18-22)24(32)29-19-21-15-11-9-12-16-21/h9-18,20,23H,8,19H2,1-7H3,(H,29,32)(H,30,34). The molecule has 0 bridgehead atoms. The van der Waals surface area contributed by atoms with E-state index in [1.807, 2.05) is 81.4 Å². The van der Waals surface area contributed by atoms with Crippen molar-refractivity contribution in [2.75, 3.05) is 0 Å².